The van der Waals surface area contributed by atoms with Crippen molar-refractivity contribution >= 4 is 34.3 Å². The molecule has 3 aliphatic rings. The summed E-state index contributed by atoms with van der Waals surface area (Å²) >= 11 is 1.80. The van der Waals surface area contributed by atoms with Crippen molar-refractivity contribution < 1.29 is 4.79 Å². The summed E-state index contributed by atoms with van der Waals surface area (Å²) in [6.45, 7) is 9.86. The molecule has 1 aromatic heterocycles. The third-order valence-corrected chi connectivity index (χ3v) is 9.09. The van der Waals surface area contributed by atoms with Crippen LogP contribution in [0.3, 0.4) is 0 Å². The molecule has 37 heavy (non-hydrogen) atoms. The Morgan fingerprint density at radius 2 is 1.54 bits per heavy atom. The quantitative estimate of drug-likeness (QED) is 0.562. The Hall–Kier alpha value is -2.81. The first kappa shape index (κ1) is 24.5. The van der Waals surface area contributed by atoms with Crippen LogP contribution in [0, 0.1) is 0 Å². The largest absolute Gasteiger partial charge is 0.369 e. The van der Waals surface area contributed by atoms with Crippen LogP contribution in [0.25, 0.3) is 10.9 Å². The van der Waals surface area contributed by atoms with Crippen LogP contribution in [0.1, 0.15) is 21.5 Å². The van der Waals surface area contributed by atoms with Crippen molar-refractivity contribution in [3.05, 3.63) is 75.6 Å². The molecule has 0 aliphatic carbocycles. The first-order chi connectivity index (χ1) is 18.2. The van der Waals surface area contributed by atoms with Gasteiger partial charge in [0.25, 0.3) is 11.5 Å². The summed E-state index contributed by atoms with van der Waals surface area (Å²) in [7, 11) is 0. The monoisotopic (exact) mass is 517 g/mol. The van der Waals surface area contributed by atoms with E-state index in [1.54, 1.807) is 11.8 Å². The number of amides is 1. The standard InChI is InChI=1S/C29H35N5O2S/c35-28-26-21-37-19-8-24(26)25-20-22(6-7-27(25)30-28)29(36)34-17-13-32(14-18-34)10-9-31-11-15-33(16-12-31)23-4-2-1-3-5-23/h1-7,20H,8-19,21H2,(H,30,35). The number of hydrogen-bond acceptors (Lipinski definition) is 6. The Morgan fingerprint density at radius 1 is 0.838 bits per heavy atom. The maximum atomic E-state index is 13.4. The second kappa shape index (κ2) is 10.9. The van der Waals surface area contributed by atoms with Crippen LogP contribution < -0.4 is 10.5 Å². The number of aromatic nitrogens is 1. The van der Waals surface area contributed by atoms with Crippen molar-refractivity contribution in [2.45, 2.75) is 12.2 Å². The zero-order valence-corrected chi connectivity index (χ0v) is 22.1. The van der Waals surface area contributed by atoms with Crippen LogP contribution in [-0.4, -0.2) is 96.8 Å². The highest BCUT2D eigenvalue weighted by Crippen LogP contribution is 2.28. The number of benzene rings is 2. The SMILES string of the molecule is O=C(c1ccc2[nH]c(=O)c3c(c2c1)CCSC3)N1CCN(CCN2CCN(c3ccccc3)CC2)CC1. The molecule has 8 heteroatoms. The highest BCUT2D eigenvalue weighted by molar-refractivity contribution is 7.98. The molecule has 3 aromatic rings. The number of aryl methyl sites for hydroxylation is 1. The van der Waals surface area contributed by atoms with Gasteiger partial charge in [-0.05, 0) is 48.1 Å². The molecule has 2 fully saturated rings. The zero-order chi connectivity index (χ0) is 25.2. The zero-order valence-electron chi connectivity index (χ0n) is 21.3. The van der Waals surface area contributed by atoms with Crippen molar-refractivity contribution in [3.8, 4) is 0 Å². The van der Waals surface area contributed by atoms with Gasteiger partial charge in [-0.15, -0.1) is 0 Å². The van der Waals surface area contributed by atoms with E-state index in [0.717, 1.165) is 111 Å². The fraction of sp³-hybridized carbons (Fsp3) is 0.448. The molecule has 0 atom stereocenters. The van der Waals surface area contributed by atoms with Gasteiger partial charge in [-0.1, -0.05) is 18.2 Å². The average molecular weight is 518 g/mol. The molecule has 0 unspecified atom stereocenters. The number of fused-ring (bicyclic) bond motifs is 3. The average Bonchev–Trinajstić information content (AvgIpc) is 2.97. The van der Waals surface area contributed by atoms with Crippen molar-refractivity contribution in [2.75, 3.05) is 76.1 Å². The number of hydrogen-bond donors (Lipinski definition) is 1. The molecule has 0 saturated carbocycles. The molecule has 0 bridgehead atoms. The van der Waals surface area contributed by atoms with Crippen molar-refractivity contribution in [3.63, 3.8) is 0 Å². The summed E-state index contributed by atoms with van der Waals surface area (Å²) in [5.74, 6) is 1.88. The van der Waals surface area contributed by atoms with Crippen molar-refractivity contribution in [1.29, 1.82) is 0 Å². The molecule has 2 aromatic carbocycles. The summed E-state index contributed by atoms with van der Waals surface area (Å²) in [5.41, 5.74) is 4.90. The molecule has 7 nitrogen and oxygen atoms in total. The van der Waals surface area contributed by atoms with Gasteiger partial charge < -0.3 is 14.8 Å². The number of anilines is 1. The van der Waals surface area contributed by atoms with Gasteiger partial charge in [0.05, 0.1) is 0 Å². The van der Waals surface area contributed by atoms with Gasteiger partial charge in [-0.25, -0.2) is 0 Å². The lowest BCUT2D eigenvalue weighted by molar-refractivity contribution is 0.0622. The van der Waals surface area contributed by atoms with Gasteiger partial charge >= 0.3 is 0 Å². The van der Waals surface area contributed by atoms with Gasteiger partial charge in [0, 0.05) is 98.9 Å². The second-order valence-corrected chi connectivity index (χ2v) is 11.4. The molecule has 6 rings (SSSR count). The van der Waals surface area contributed by atoms with Crippen LogP contribution in [0.2, 0.25) is 0 Å². The molecule has 3 aliphatic heterocycles. The molecule has 1 amide bonds. The van der Waals surface area contributed by atoms with Crippen LogP contribution in [-0.2, 0) is 12.2 Å². The smallest absolute Gasteiger partial charge is 0.253 e. The summed E-state index contributed by atoms with van der Waals surface area (Å²) in [5, 5.41) is 1.03. The first-order valence-corrected chi connectivity index (χ1v) is 14.6. The van der Waals surface area contributed by atoms with E-state index in [0.29, 0.717) is 0 Å². The first-order valence-electron chi connectivity index (χ1n) is 13.5. The third-order valence-electron chi connectivity index (χ3n) is 8.11. The maximum Gasteiger partial charge on any atom is 0.253 e. The van der Waals surface area contributed by atoms with E-state index in [9.17, 15) is 9.59 Å². The van der Waals surface area contributed by atoms with E-state index < -0.39 is 0 Å². The normalized spacial score (nSPS) is 19.2. The number of thioether (sulfide) groups is 1. The number of pyridine rings is 1. The number of carbonyl (C=O) groups is 1. The van der Waals surface area contributed by atoms with E-state index in [4.69, 9.17) is 0 Å². The van der Waals surface area contributed by atoms with Gasteiger partial charge in [0.1, 0.15) is 0 Å². The number of nitrogens with one attached hydrogen (secondary N) is 1. The lowest BCUT2D eigenvalue weighted by Gasteiger charge is -2.39. The molecule has 0 radical (unpaired) electrons. The molecule has 2 saturated heterocycles. The molecule has 194 valence electrons. The van der Waals surface area contributed by atoms with Crippen molar-refractivity contribution in [2.24, 2.45) is 0 Å². The van der Waals surface area contributed by atoms with Gasteiger partial charge in [-0.3, -0.25) is 19.4 Å². The molecular weight excluding hydrogens is 482 g/mol. The Labute approximate surface area is 222 Å². The second-order valence-electron chi connectivity index (χ2n) is 10.3. The molecular formula is C29H35N5O2S. The fourth-order valence-corrected chi connectivity index (χ4v) is 6.83. The minimum atomic E-state index is 0.0166. The van der Waals surface area contributed by atoms with Crippen LogP contribution in [0.5, 0.6) is 0 Å². The fourth-order valence-electron chi connectivity index (χ4n) is 5.83. The van der Waals surface area contributed by atoms with Crippen molar-refractivity contribution in [1.82, 2.24) is 19.7 Å². The van der Waals surface area contributed by atoms with Gasteiger partial charge in [0.15, 0.2) is 0 Å². The number of aromatic amines is 1. The Morgan fingerprint density at radius 3 is 2.27 bits per heavy atom. The van der Waals surface area contributed by atoms with Gasteiger partial charge in [0.2, 0.25) is 0 Å². The number of rotatable bonds is 5. The lowest BCUT2D eigenvalue weighted by atomic mass is 9.99. The van der Waals surface area contributed by atoms with E-state index in [2.05, 4.69) is 50.0 Å². The van der Waals surface area contributed by atoms with Crippen LogP contribution in [0.4, 0.5) is 5.69 Å². The number of carbonyl (C=O) groups excluding carboxylic acids is 1. The minimum Gasteiger partial charge on any atom is -0.369 e. The number of nitrogens with zero attached hydrogens (tertiary/aromatic N) is 4. The van der Waals surface area contributed by atoms with E-state index in [1.807, 2.05) is 23.1 Å². The Kier molecular flexibility index (Phi) is 7.22. The Balaban J connectivity index is 1.01. The summed E-state index contributed by atoms with van der Waals surface area (Å²) in [6.07, 6.45) is 0.887. The number of piperazine rings is 2. The summed E-state index contributed by atoms with van der Waals surface area (Å²) in [4.78, 5) is 38.3. The Bertz CT molecular complexity index is 1310. The molecule has 1 N–H and O–H groups in total. The predicted octanol–water partition coefficient (Wildman–Crippen LogP) is 2.90. The van der Waals surface area contributed by atoms with Crippen LogP contribution in [0.15, 0.2) is 53.3 Å². The maximum absolute atomic E-state index is 13.4. The summed E-state index contributed by atoms with van der Waals surface area (Å²) in [6, 6.07) is 16.5. The minimum absolute atomic E-state index is 0.0166. The lowest BCUT2D eigenvalue weighted by Crippen LogP contribution is -2.52. The highest BCUT2D eigenvalue weighted by atomic mass is 32.2. The van der Waals surface area contributed by atoms with E-state index >= 15 is 0 Å². The number of H-pyrrole nitrogens is 1. The highest BCUT2D eigenvalue weighted by Gasteiger charge is 2.24. The molecule has 4 heterocycles. The van der Waals surface area contributed by atoms with E-state index in [-0.39, 0.29) is 11.5 Å². The topological polar surface area (TPSA) is 62.9 Å². The third kappa shape index (κ3) is 5.28. The van der Waals surface area contributed by atoms with Gasteiger partial charge in [-0.2, -0.15) is 11.8 Å². The van der Waals surface area contributed by atoms with E-state index in [1.165, 1.54) is 5.69 Å². The predicted molar refractivity (Wildman–Crippen MR) is 152 cm³/mol. The summed E-state index contributed by atoms with van der Waals surface area (Å²) < 4.78 is 0. The number of para-hydroxylation sites is 1. The van der Waals surface area contributed by atoms with Crippen LogP contribution >= 0.6 is 11.8 Å². The molecule has 0 spiro atoms.